The van der Waals surface area contributed by atoms with E-state index in [1.54, 1.807) is 20.8 Å². The largest absolute Gasteiger partial charge is 0.444 e. The standard InChI is InChI=1S/C13H26N4O5.C13H28N2O5.C8H18N4O3/c1-13(2,3)22-12(18)15-4-6-19-8-10-21-11-9-20-7-5-16-17-14;1-13(2,3)20-12(16)15-5-7-18-9-11-19-10-8-17-6-4-14;9-1-3-13-5-7-15-8-6-14-4-2-11-12-10/h4-11H2,1-3H3,(H,15,18);4-11,14H2,1-3H3,(H,15,16);1-9H2. The number of nitrogens with two attached hydrogens (primary N) is 2. The third kappa shape index (κ3) is 62.1. The maximum Gasteiger partial charge on any atom is 0.407 e. The highest BCUT2D eigenvalue weighted by Gasteiger charge is 2.16. The van der Waals surface area contributed by atoms with Gasteiger partial charge < -0.3 is 74.2 Å². The number of rotatable bonds is 34. The quantitative estimate of drug-likeness (QED) is 0.0314. The average molecular weight is 829 g/mol. The molecule has 0 saturated heterocycles. The van der Waals surface area contributed by atoms with Crippen molar-refractivity contribution >= 4 is 12.2 Å². The zero-order chi connectivity index (χ0) is 43.1. The maximum atomic E-state index is 11.3. The van der Waals surface area contributed by atoms with E-state index in [0.29, 0.717) is 158 Å². The van der Waals surface area contributed by atoms with Gasteiger partial charge in [-0.1, -0.05) is 10.2 Å². The molecular weight excluding hydrogens is 756 g/mol. The minimum Gasteiger partial charge on any atom is -0.444 e. The Morgan fingerprint density at radius 2 is 0.702 bits per heavy atom. The number of alkyl carbamates (subject to hydrolysis) is 2. The molecule has 0 spiro atoms. The van der Waals surface area contributed by atoms with Crippen molar-refractivity contribution in [3.8, 4) is 0 Å². The van der Waals surface area contributed by atoms with Gasteiger partial charge in [-0.05, 0) is 52.6 Å². The molecule has 0 saturated carbocycles. The van der Waals surface area contributed by atoms with Crippen molar-refractivity contribution in [2.75, 3.05) is 158 Å². The van der Waals surface area contributed by atoms with Gasteiger partial charge in [-0.2, -0.15) is 0 Å². The summed E-state index contributed by atoms with van der Waals surface area (Å²) in [6.07, 6.45) is -0.889. The lowest BCUT2D eigenvalue weighted by molar-refractivity contribution is 0.0153. The van der Waals surface area contributed by atoms with Gasteiger partial charge in [0.25, 0.3) is 0 Å². The number of ether oxygens (including phenoxy) is 11. The first kappa shape index (κ1) is 58.0. The van der Waals surface area contributed by atoms with Gasteiger partial charge in [0.15, 0.2) is 0 Å². The number of nitrogens with one attached hydrogen (secondary N) is 2. The van der Waals surface area contributed by atoms with Gasteiger partial charge in [-0.3, -0.25) is 0 Å². The summed E-state index contributed by atoms with van der Waals surface area (Å²) in [5, 5.41) is 11.9. The molecule has 0 heterocycles. The van der Waals surface area contributed by atoms with Crippen LogP contribution in [0.25, 0.3) is 20.9 Å². The summed E-state index contributed by atoms with van der Waals surface area (Å²) in [6, 6.07) is 0. The van der Waals surface area contributed by atoms with Crippen molar-refractivity contribution in [1.29, 1.82) is 0 Å². The van der Waals surface area contributed by atoms with Crippen molar-refractivity contribution in [3.63, 3.8) is 0 Å². The predicted octanol–water partition coefficient (Wildman–Crippen LogP) is 2.70. The van der Waals surface area contributed by atoms with Gasteiger partial charge >= 0.3 is 12.2 Å². The molecular formula is C34H72N10O13. The molecule has 6 N–H and O–H groups in total. The molecule has 0 atom stereocenters. The van der Waals surface area contributed by atoms with Gasteiger partial charge in [0.1, 0.15) is 11.2 Å². The molecule has 336 valence electrons. The molecule has 0 bridgehead atoms. The second-order valence-electron chi connectivity index (χ2n) is 12.9. The Balaban J connectivity index is -0.000000781. The summed E-state index contributed by atoms with van der Waals surface area (Å²) in [6.45, 7) is 22.1. The first-order valence-corrected chi connectivity index (χ1v) is 18.9. The molecule has 57 heavy (non-hydrogen) atoms. The van der Waals surface area contributed by atoms with Crippen LogP contribution in [0.1, 0.15) is 41.5 Å². The summed E-state index contributed by atoms with van der Waals surface area (Å²) in [7, 11) is 0. The van der Waals surface area contributed by atoms with E-state index in [4.69, 9.17) is 74.6 Å². The molecule has 0 aliphatic carbocycles. The number of hydrogen-bond donors (Lipinski definition) is 4. The first-order valence-electron chi connectivity index (χ1n) is 18.9. The van der Waals surface area contributed by atoms with Crippen LogP contribution in [0.5, 0.6) is 0 Å². The molecule has 0 aromatic rings. The number of carbonyl (C=O) groups excluding carboxylic acids is 2. The van der Waals surface area contributed by atoms with Crippen LogP contribution in [0.4, 0.5) is 9.59 Å². The van der Waals surface area contributed by atoms with Crippen LogP contribution in [0.15, 0.2) is 10.2 Å². The van der Waals surface area contributed by atoms with Gasteiger partial charge in [0, 0.05) is 49.1 Å². The van der Waals surface area contributed by atoms with Crippen LogP contribution in [-0.4, -0.2) is 182 Å². The highest BCUT2D eigenvalue weighted by molar-refractivity contribution is 5.67. The Morgan fingerprint density at radius 1 is 0.456 bits per heavy atom. The molecule has 0 unspecified atom stereocenters. The highest BCUT2D eigenvalue weighted by Crippen LogP contribution is 2.06. The Kier molecular flexibility index (Phi) is 46.3. The highest BCUT2D eigenvalue weighted by atomic mass is 16.6. The van der Waals surface area contributed by atoms with Crippen molar-refractivity contribution in [3.05, 3.63) is 20.9 Å². The smallest absolute Gasteiger partial charge is 0.407 e. The number of amides is 2. The molecule has 23 heteroatoms. The van der Waals surface area contributed by atoms with Crippen LogP contribution in [0.2, 0.25) is 0 Å². The fraction of sp³-hybridized carbons (Fsp3) is 0.941. The molecule has 0 rings (SSSR count). The van der Waals surface area contributed by atoms with E-state index in [9.17, 15) is 9.59 Å². The van der Waals surface area contributed by atoms with E-state index < -0.39 is 23.4 Å². The lowest BCUT2D eigenvalue weighted by Gasteiger charge is -2.19. The lowest BCUT2D eigenvalue weighted by atomic mass is 10.2. The van der Waals surface area contributed by atoms with E-state index in [2.05, 4.69) is 30.7 Å². The van der Waals surface area contributed by atoms with Crippen molar-refractivity contribution in [2.45, 2.75) is 52.7 Å². The zero-order valence-electron chi connectivity index (χ0n) is 35.1. The average Bonchev–Trinajstić information content (AvgIpc) is 3.14. The molecule has 0 radical (unpaired) electrons. The van der Waals surface area contributed by atoms with Crippen molar-refractivity contribution in [2.24, 2.45) is 21.7 Å². The van der Waals surface area contributed by atoms with E-state index in [0.717, 1.165) is 0 Å². The summed E-state index contributed by atoms with van der Waals surface area (Å²) in [4.78, 5) is 27.8. The molecule has 0 aliphatic rings. The number of nitrogens with zero attached hydrogens (tertiary/aromatic N) is 6. The third-order valence-electron chi connectivity index (χ3n) is 5.38. The Morgan fingerprint density at radius 3 is 0.947 bits per heavy atom. The summed E-state index contributed by atoms with van der Waals surface area (Å²) < 4.78 is 57.0. The van der Waals surface area contributed by atoms with Gasteiger partial charge in [-0.25, -0.2) is 9.59 Å². The molecule has 0 aliphatic heterocycles. The number of azide groups is 2. The molecule has 2 amide bonds. The topological polar surface area (TPSA) is 309 Å². The minimum absolute atomic E-state index is 0.324. The summed E-state index contributed by atoms with van der Waals surface area (Å²) in [5.74, 6) is 0. The first-order chi connectivity index (χ1) is 27.3. The molecule has 0 aromatic heterocycles. The second-order valence-corrected chi connectivity index (χ2v) is 12.9. The van der Waals surface area contributed by atoms with Crippen molar-refractivity contribution < 1.29 is 61.7 Å². The molecule has 23 nitrogen and oxygen atoms in total. The Bertz CT molecular complexity index is 996. The minimum atomic E-state index is -0.498. The maximum absolute atomic E-state index is 11.3. The fourth-order valence-electron chi connectivity index (χ4n) is 3.17. The van der Waals surface area contributed by atoms with Crippen LogP contribution < -0.4 is 22.1 Å². The van der Waals surface area contributed by atoms with E-state index in [1.165, 1.54) is 0 Å². The van der Waals surface area contributed by atoms with Crippen molar-refractivity contribution in [1.82, 2.24) is 10.6 Å². The van der Waals surface area contributed by atoms with Gasteiger partial charge in [0.2, 0.25) is 0 Å². The van der Waals surface area contributed by atoms with Crippen LogP contribution >= 0.6 is 0 Å². The van der Waals surface area contributed by atoms with Crippen LogP contribution in [0, 0.1) is 0 Å². The lowest BCUT2D eigenvalue weighted by Crippen LogP contribution is -2.34. The number of carbonyl (C=O) groups is 2. The normalized spacial score (nSPS) is 10.8. The Hall–Kier alpha value is -3.28. The second kappa shape index (κ2) is 45.4. The van der Waals surface area contributed by atoms with Gasteiger partial charge in [-0.15, -0.1) is 0 Å². The summed E-state index contributed by atoms with van der Waals surface area (Å²) >= 11 is 0. The Labute approximate surface area is 337 Å². The van der Waals surface area contributed by atoms with Gasteiger partial charge in [0.05, 0.1) is 119 Å². The fourth-order valence-corrected chi connectivity index (χ4v) is 3.17. The summed E-state index contributed by atoms with van der Waals surface area (Å²) in [5.41, 5.74) is 25.5. The molecule has 0 aromatic carbocycles. The number of hydrogen-bond acceptors (Lipinski definition) is 17. The predicted molar refractivity (Wildman–Crippen MR) is 212 cm³/mol. The van der Waals surface area contributed by atoms with E-state index in [1.807, 2.05) is 20.8 Å². The molecule has 0 fully saturated rings. The third-order valence-corrected chi connectivity index (χ3v) is 5.38. The van der Waals surface area contributed by atoms with E-state index >= 15 is 0 Å². The van der Waals surface area contributed by atoms with Crippen LogP contribution in [0.3, 0.4) is 0 Å². The zero-order valence-corrected chi connectivity index (χ0v) is 35.1. The SMILES string of the molecule is CC(C)(C)OC(=O)NCCOCCOCCOCCN.CC(C)(C)OC(=O)NCCOCCOCCOCCN=[N+]=[N-].[N-]=[N+]=NCCOCCOCCOCCN. The van der Waals surface area contributed by atoms with E-state index in [-0.39, 0.29) is 0 Å². The van der Waals surface area contributed by atoms with Crippen LogP contribution in [-0.2, 0) is 52.1 Å². The monoisotopic (exact) mass is 829 g/mol.